The molecule has 1 aromatic heterocycles. The molecule has 7 nitrogen and oxygen atoms in total. The number of carbonyl (C=O) groups is 2. The Kier molecular flexibility index (Phi) is 6.42. The van der Waals surface area contributed by atoms with Crippen LogP contribution < -0.4 is 15.4 Å². The van der Waals surface area contributed by atoms with Crippen molar-refractivity contribution in [3.05, 3.63) is 78.1 Å². The number of amides is 1. The minimum Gasteiger partial charge on any atom is -0.495 e. The van der Waals surface area contributed by atoms with Gasteiger partial charge < -0.3 is 20.1 Å². The lowest BCUT2D eigenvalue weighted by atomic mass is 10.2. The number of nitrogens with one attached hydrogen (secondary N) is 2. The van der Waals surface area contributed by atoms with Crippen LogP contribution in [0.4, 0.5) is 17.1 Å². The molecule has 0 unspecified atom stereocenters. The number of hydrogen-bond donors (Lipinski definition) is 2. The minimum absolute atomic E-state index is 0.254. The molecule has 1 heterocycles. The number of methoxy groups -OCH3 is 1. The highest BCUT2D eigenvalue weighted by Gasteiger charge is 2.12. The molecule has 148 valence electrons. The second kappa shape index (κ2) is 9.36. The van der Waals surface area contributed by atoms with E-state index in [9.17, 15) is 9.59 Å². The maximum absolute atomic E-state index is 12.6. The van der Waals surface area contributed by atoms with Crippen LogP contribution in [-0.2, 0) is 4.74 Å². The van der Waals surface area contributed by atoms with Crippen LogP contribution in [-0.4, -0.2) is 30.6 Å². The Labute approximate surface area is 168 Å². The summed E-state index contributed by atoms with van der Waals surface area (Å²) in [6, 6.07) is 17.4. The van der Waals surface area contributed by atoms with Gasteiger partial charge in [0.1, 0.15) is 11.4 Å². The first kappa shape index (κ1) is 19.9. The Morgan fingerprint density at radius 2 is 1.76 bits per heavy atom. The third-order valence-electron chi connectivity index (χ3n) is 4.03. The number of anilines is 3. The van der Waals surface area contributed by atoms with Gasteiger partial charge in [-0.05, 0) is 55.5 Å². The van der Waals surface area contributed by atoms with Crippen molar-refractivity contribution in [2.24, 2.45) is 0 Å². The predicted octanol–water partition coefficient (Wildman–Crippen LogP) is 4.26. The molecule has 7 heteroatoms. The molecule has 0 aliphatic heterocycles. The second-order valence-corrected chi connectivity index (χ2v) is 6.01. The van der Waals surface area contributed by atoms with Gasteiger partial charge in [-0.1, -0.05) is 12.1 Å². The normalized spacial score (nSPS) is 10.1. The minimum atomic E-state index is -0.363. The zero-order valence-electron chi connectivity index (χ0n) is 16.1. The van der Waals surface area contributed by atoms with E-state index < -0.39 is 0 Å². The van der Waals surface area contributed by atoms with Gasteiger partial charge in [0.25, 0.3) is 5.91 Å². The van der Waals surface area contributed by atoms with Gasteiger partial charge in [-0.3, -0.25) is 9.78 Å². The lowest BCUT2D eigenvalue weighted by molar-refractivity contribution is 0.0526. The number of benzene rings is 2. The fraction of sp³-hybridized carbons (Fsp3) is 0.136. The lowest BCUT2D eigenvalue weighted by Crippen LogP contribution is -2.14. The summed E-state index contributed by atoms with van der Waals surface area (Å²) < 4.78 is 10.2. The summed E-state index contributed by atoms with van der Waals surface area (Å²) in [5.74, 6) is -0.147. The molecule has 2 aromatic carbocycles. The number of para-hydroxylation sites is 2. The Balaban J connectivity index is 1.71. The zero-order chi connectivity index (χ0) is 20.6. The average Bonchev–Trinajstić information content (AvgIpc) is 2.75. The van der Waals surface area contributed by atoms with Crippen LogP contribution in [0.15, 0.2) is 66.9 Å². The fourth-order valence-corrected chi connectivity index (χ4v) is 2.64. The fourth-order valence-electron chi connectivity index (χ4n) is 2.64. The summed E-state index contributed by atoms with van der Waals surface area (Å²) in [5, 5.41) is 5.98. The Hall–Kier alpha value is -3.87. The molecule has 0 atom stereocenters. The summed E-state index contributed by atoms with van der Waals surface area (Å²) >= 11 is 0. The highest BCUT2D eigenvalue weighted by Crippen LogP contribution is 2.24. The molecule has 0 saturated carbocycles. The third-order valence-corrected chi connectivity index (χ3v) is 4.03. The maximum atomic E-state index is 12.6. The van der Waals surface area contributed by atoms with Gasteiger partial charge >= 0.3 is 5.97 Å². The molecule has 0 bridgehead atoms. The third kappa shape index (κ3) is 5.10. The molecule has 1 amide bonds. The predicted molar refractivity (Wildman–Crippen MR) is 111 cm³/mol. The van der Waals surface area contributed by atoms with E-state index in [0.29, 0.717) is 29.3 Å². The van der Waals surface area contributed by atoms with Crippen LogP contribution in [0.2, 0.25) is 0 Å². The van der Waals surface area contributed by atoms with Crippen LogP contribution in [0.5, 0.6) is 5.75 Å². The monoisotopic (exact) mass is 391 g/mol. The quantitative estimate of drug-likeness (QED) is 0.585. The van der Waals surface area contributed by atoms with Crippen LogP contribution in [0.25, 0.3) is 0 Å². The van der Waals surface area contributed by atoms with E-state index in [0.717, 1.165) is 5.69 Å². The van der Waals surface area contributed by atoms with Crippen LogP contribution in [0.1, 0.15) is 27.8 Å². The van der Waals surface area contributed by atoms with Gasteiger partial charge in [0, 0.05) is 17.6 Å². The summed E-state index contributed by atoms with van der Waals surface area (Å²) in [6.07, 6.45) is 1.55. The maximum Gasteiger partial charge on any atom is 0.338 e. The van der Waals surface area contributed by atoms with Crippen molar-refractivity contribution in [2.75, 3.05) is 24.4 Å². The number of hydrogen-bond acceptors (Lipinski definition) is 6. The second-order valence-electron chi connectivity index (χ2n) is 6.01. The van der Waals surface area contributed by atoms with Gasteiger partial charge in [0.15, 0.2) is 0 Å². The summed E-state index contributed by atoms with van der Waals surface area (Å²) in [5.41, 5.74) is 2.75. The Bertz CT molecular complexity index is 1000. The Morgan fingerprint density at radius 3 is 2.48 bits per heavy atom. The largest absolute Gasteiger partial charge is 0.495 e. The van der Waals surface area contributed by atoms with Crippen molar-refractivity contribution in [1.82, 2.24) is 4.98 Å². The molecule has 0 spiro atoms. The molecule has 0 radical (unpaired) electrons. The Morgan fingerprint density at radius 1 is 1.00 bits per heavy atom. The molecule has 0 aliphatic rings. The molecule has 2 N–H and O–H groups in total. The van der Waals surface area contributed by atoms with Crippen LogP contribution >= 0.6 is 0 Å². The highest BCUT2D eigenvalue weighted by atomic mass is 16.5. The first-order valence-corrected chi connectivity index (χ1v) is 9.05. The number of carbonyl (C=O) groups excluding carboxylic acids is 2. The van der Waals surface area contributed by atoms with Gasteiger partial charge in [0.05, 0.1) is 25.0 Å². The van der Waals surface area contributed by atoms with Crippen molar-refractivity contribution < 1.29 is 19.1 Å². The van der Waals surface area contributed by atoms with Crippen molar-refractivity contribution in [2.45, 2.75) is 6.92 Å². The molecule has 29 heavy (non-hydrogen) atoms. The van der Waals surface area contributed by atoms with E-state index in [4.69, 9.17) is 9.47 Å². The number of ether oxygens (including phenoxy) is 2. The van der Waals surface area contributed by atoms with Crippen LogP contribution in [0.3, 0.4) is 0 Å². The molecule has 0 fully saturated rings. The number of pyridine rings is 1. The zero-order valence-corrected chi connectivity index (χ0v) is 16.1. The number of rotatable bonds is 7. The van der Waals surface area contributed by atoms with E-state index in [1.54, 1.807) is 68.8 Å². The molecule has 3 rings (SSSR count). The molecule has 3 aromatic rings. The molecular weight excluding hydrogens is 370 g/mol. The van der Waals surface area contributed by atoms with Crippen molar-refractivity contribution >= 4 is 28.9 Å². The topological polar surface area (TPSA) is 89.5 Å². The summed E-state index contributed by atoms with van der Waals surface area (Å²) in [7, 11) is 1.54. The average molecular weight is 391 g/mol. The highest BCUT2D eigenvalue weighted by molar-refractivity contribution is 6.04. The van der Waals surface area contributed by atoms with E-state index in [1.165, 1.54) is 0 Å². The summed E-state index contributed by atoms with van der Waals surface area (Å²) in [6.45, 7) is 2.09. The smallest absolute Gasteiger partial charge is 0.338 e. The SMILES string of the molecule is CCOC(=O)c1ccc(Nc2ccnc(C(=O)Nc3ccccc3OC)c2)cc1. The van der Waals surface area contributed by atoms with Crippen molar-refractivity contribution in [3.63, 3.8) is 0 Å². The van der Waals surface area contributed by atoms with Crippen molar-refractivity contribution in [1.29, 1.82) is 0 Å². The van der Waals surface area contributed by atoms with E-state index in [2.05, 4.69) is 15.6 Å². The van der Waals surface area contributed by atoms with Gasteiger partial charge in [0.2, 0.25) is 0 Å². The first-order valence-electron chi connectivity index (χ1n) is 9.05. The first-order chi connectivity index (χ1) is 14.1. The van der Waals surface area contributed by atoms with Crippen LogP contribution in [0, 0.1) is 0 Å². The number of aromatic nitrogens is 1. The molecule has 0 aliphatic carbocycles. The van der Waals surface area contributed by atoms with E-state index in [1.807, 2.05) is 12.1 Å². The number of esters is 1. The van der Waals surface area contributed by atoms with E-state index in [-0.39, 0.29) is 17.6 Å². The van der Waals surface area contributed by atoms with Gasteiger partial charge in [-0.2, -0.15) is 0 Å². The van der Waals surface area contributed by atoms with Crippen molar-refractivity contribution in [3.8, 4) is 5.75 Å². The molecule has 0 saturated heterocycles. The molecular formula is C22H21N3O4. The summed E-state index contributed by atoms with van der Waals surface area (Å²) in [4.78, 5) is 28.4. The van der Waals surface area contributed by atoms with E-state index >= 15 is 0 Å². The lowest BCUT2D eigenvalue weighted by Gasteiger charge is -2.11. The standard InChI is InChI=1S/C22H21N3O4/c1-3-29-22(27)15-8-10-16(11-9-15)24-17-12-13-23-19(14-17)21(26)25-18-6-4-5-7-20(18)28-2/h4-14H,3H2,1-2H3,(H,23,24)(H,25,26). The van der Waals surface area contributed by atoms with Gasteiger partial charge in [-0.25, -0.2) is 4.79 Å². The van der Waals surface area contributed by atoms with Gasteiger partial charge in [-0.15, -0.1) is 0 Å². The number of nitrogens with zero attached hydrogens (tertiary/aromatic N) is 1.